The van der Waals surface area contributed by atoms with Crippen LogP contribution in [0.2, 0.25) is 25.7 Å². The van der Waals surface area contributed by atoms with Crippen LogP contribution in [0.3, 0.4) is 0 Å². The van der Waals surface area contributed by atoms with Crippen LogP contribution in [0.25, 0.3) is 22.3 Å². The number of hydrogen-bond acceptors (Lipinski definition) is 9. The molecule has 12 heteroatoms. The minimum atomic E-state index is -1.20. The van der Waals surface area contributed by atoms with E-state index in [4.69, 9.17) is 19.8 Å². The number of nitrogens with one attached hydrogen (secondary N) is 2. The summed E-state index contributed by atoms with van der Waals surface area (Å²) in [6.45, 7) is 13.1. The minimum Gasteiger partial charge on any atom is -0.360 e. The summed E-state index contributed by atoms with van der Waals surface area (Å²) in [5.41, 5.74) is 4.49. The number of benzene rings is 1. The summed E-state index contributed by atoms with van der Waals surface area (Å²) in [5, 5.41) is 24.2. The van der Waals surface area contributed by atoms with Gasteiger partial charge in [-0.3, -0.25) is 15.1 Å². The molecule has 0 spiro atoms. The number of ether oxygens (including phenoxy) is 1. The molecule has 0 amide bonds. The molecule has 4 aromatic rings. The van der Waals surface area contributed by atoms with Crippen LogP contribution in [0.15, 0.2) is 48.8 Å². The Balaban J connectivity index is 1.33. The average Bonchev–Trinajstić information content (AvgIpc) is 3.36. The Morgan fingerprint density at radius 3 is 2.70 bits per heavy atom. The maximum atomic E-state index is 11.0. The highest BCUT2D eigenvalue weighted by Crippen LogP contribution is 2.33. The standard InChI is InChI=1S/C32H44N8O3Si/c1-6-23-19-34-31(36-24-10-9-15-32(2,18-24)35-20-25-13-14-26(21-33-25)40(41)42)37-29(23)30-27-11-7-8-12-28(27)38-39(30)22-43-16-17-44(3,4)5/h7-8,11-14,19,21,24,35H,6,9-10,15-18,20,22H2,1-5H3,(H,34,36,37)/t24-,32+/m1/s1. The van der Waals surface area contributed by atoms with E-state index in [0.29, 0.717) is 19.2 Å². The van der Waals surface area contributed by atoms with Crippen LogP contribution in [0, 0.1) is 10.1 Å². The maximum absolute atomic E-state index is 11.0. The number of nitro groups is 1. The van der Waals surface area contributed by atoms with Crippen LogP contribution in [0.1, 0.15) is 50.8 Å². The molecule has 1 aliphatic carbocycles. The number of anilines is 1. The molecule has 0 bridgehead atoms. The number of hydrogen-bond donors (Lipinski definition) is 2. The van der Waals surface area contributed by atoms with Gasteiger partial charge >= 0.3 is 0 Å². The normalized spacial score (nSPS) is 18.9. The van der Waals surface area contributed by atoms with E-state index in [1.807, 2.05) is 29.1 Å². The summed E-state index contributed by atoms with van der Waals surface area (Å²) in [7, 11) is -1.20. The lowest BCUT2D eigenvalue weighted by Gasteiger charge is -2.39. The van der Waals surface area contributed by atoms with E-state index < -0.39 is 13.0 Å². The highest BCUT2D eigenvalue weighted by atomic mass is 28.3. The van der Waals surface area contributed by atoms with Gasteiger partial charge in [-0.2, -0.15) is 5.10 Å². The topological polar surface area (TPSA) is 133 Å². The van der Waals surface area contributed by atoms with Gasteiger partial charge in [0.05, 0.1) is 27.5 Å². The van der Waals surface area contributed by atoms with E-state index in [1.54, 1.807) is 6.07 Å². The summed E-state index contributed by atoms with van der Waals surface area (Å²) in [6.07, 6.45) is 8.04. The van der Waals surface area contributed by atoms with Crippen molar-refractivity contribution in [2.24, 2.45) is 0 Å². The summed E-state index contributed by atoms with van der Waals surface area (Å²) >= 11 is 0. The van der Waals surface area contributed by atoms with Crippen molar-refractivity contribution in [1.29, 1.82) is 0 Å². The van der Waals surface area contributed by atoms with Gasteiger partial charge in [-0.15, -0.1) is 0 Å². The molecular weight excluding hydrogens is 572 g/mol. The van der Waals surface area contributed by atoms with Crippen LogP contribution in [0.5, 0.6) is 0 Å². The second-order valence-corrected chi connectivity index (χ2v) is 18.9. The minimum absolute atomic E-state index is 0.000891. The number of nitrogens with zero attached hydrogens (tertiary/aromatic N) is 6. The number of aryl methyl sites for hydroxylation is 1. The van der Waals surface area contributed by atoms with E-state index in [0.717, 1.165) is 78.3 Å². The van der Waals surface area contributed by atoms with Gasteiger partial charge in [-0.05, 0) is 62.8 Å². The Kier molecular flexibility index (Phi) is 9.71. The van der Waals surface area contributed by atoms with Crippen molar-refractivity contribution < 1.29 is 9.66 Å². The van der Waals surface area contributed by atoms with E-state index in [1.165, 1.54) is 12.3 Å². The molecule has 0 unspecified atom stereocenters. The van der Waals surface area contributed by atoms with Crippen LogP contribution in [-0.2, 0) is 24.4 Å². The molecule has 1 fully saturated rings. The molecule has 11 nitrogen and oxygen atoms in total. The van der Waals surface area contributed by atoms with Gasteiger partial charge in [0.15, 0.2) is 0 Å². The van der Waals surface area contributed by atoms with Gasteiger partial charge in [0.1, 0.15) is 12.9 Å². The number of fused-ring (bicyclic) bond motifs is 1. The second-order valence-electron chi connectivity index (χ2n) is 13.3. The molecule has 234 valence electrons. The molecule has 3 aromatic heterocycles. The molecule has 5 rings (SSSR count). The van der Waals surface area contributed by atoms with E-state index >= 15 is 0 Å². The Bertz CT molecular complexity index is 1590. The van der Waals surface area contributed by atoms with Gasteiger partial charge in [-0.1, -0.05) is 44.8 Å². The predicted molar refractivity (Wildman–Crippen MR) is 176 cm³/mol. The Morgan fingerprint density at radius 1 is 1.16 bits per heavy atom. The smallest absolute Gasteiger partial charge is 0.287 e. The van der Waals surface area contributed by atoms with E-state index in [9.17, 15) is 10.1 Å². The first-order valence-corrected chi connectivity index (χ1v) is 19.2. The first kappa shape index (κ1) is 31.7. The number of rotatable bonds is 13. The lowest BCUT2D eigenvalue weighted by atomic mass is 9.80. The molecule has 0 saturated heterocycles. The first-order valence-electron chi connectivity index (χ1n) is 15.5. The van der Waals surface area contributed by atoms with Gasteiger partial charge in [0, 0.05) is 50.5 Å². The highest BCUT2D eigenvalue weighted by Gasteiger charge is 2.32. The van der Waals surface area contributed by atoms with Gasteiger partial charge in [0.25, 0.3) is 5.69 Å². The molecule has 1 aromatic carbocycles. The summed E-state index contributed by atoms with van der Waals surface area (Å²) in [4.78, 5) is 24.6. The van der Waals surface area contributed by atoms with Crippen molar-refractivity contribution in [1.82, 2.24) is 30.0 Å². The fraction of sp³-hybridized carbons (Fsp3) is 0.500. The van der Waals surface area contributed by atoms with Crippen LogP contribution >= 0.6 is 0 Å². The summed E-state index contributed by atoms with van der Waals surface area (Å²) in [5.74, 6) is 0.611. The van der Waals surface area contributed by atoms with Gasteiger partial charge in [0.2, 0.25) is 5.95 Å². The van der Waals surface area contributed by atoms with Gasteiger partial charge in [-0.25, -0.2) is 14.6 Å². The van der Waals surface area contributed by atoms with Crippen LogP contribution in [-0.4, -0.2) is 55.9 Å². The van der Waals surface area contributed by atoms with E-state index in [2.05, 4.69) is 55.2 Å². The van der Waals surface area contributed by atoms with Crippen molar-refractivity contribution in [3.8, 4) is 11.4 Å². The Labute approximate surface area is 260 Å². The molecule has 2 atom stereocenters. The average molecular weight is 617 g/mol. The second kappa shape index (κ2) is 13.5. The molecule has 1 saturated carbocycles. The lowest BCUT2D eigenvalue weighted by Crippen LogP contribution is -2.48. The fourth-order valence-corrected chi connectivity index (χ4v) is 6.54. The zero-order chi connectivity index (χ0) is 31.3. The molecule has 1 aliphatic rings. The monoisotopic (exact) mass is 616 g/mol. The zero-order valence-electron chi connectivity index (χ0n) is 26.5. The molecule has 44 heavy (non-hydrogen) atoms. The Morgan fingerprint density at radius 2 is 1.98 bits per heavy atom. The van der Waals surface area contributed by atoms with Crippen molar-refractivity contribution in [3.63, 3.8) is 0 Å². The molecular formula is C32H44N8O3Si. The van der Waals surface area contributed by atoms with Crippen molar-refractivity contribution >= 4 is 30.6 Å². The van der Waals surface area contributed by atoms with Crippen molar-refractivity contribution in [2.45, 2.75) is 96.5 Å². The maximum Gasteiger partial charge on any atom is 0.287 e. The lowest BCUT2D eigenvalue weighted by molar-refractivity contribution is -0.385. The SMILES string of the molecule is CCc1cnc(N[C@@H]2CCC[C@](C)(NCc3ccc([N+](=O)[O-])cn3)C2)nc1-c1c2ccccc2nn1COCC[Si](C)(C)C. The van der Waals surface area contributed by atoms with Crippen molar-refractivity contribution in [3.05, 3.63) is 70.2 Å². The summed E-state index contributed by atoms with van der Waals surface area (Å²) in [6, 6.07) is 12.7. The third-order valence-electron chi connectivity index (χ3n) is 8.35. The first-order chi connectivity index (χ1) is 21.0. The molecule has 3 heterocycles. The predicted octanol–water partition coefficient (Wildman–Crippen LogP) is 6.57. The number of aromatic nitrogens is 5. The number of pyridine rings is 1. The quantitative estimate of drug-likeness (QED) is 0.0740. The Hall–Kier alpha value is -3.74. The van der Waals surface area contributed by atoms with Crippen LogP contribution in [0.4, 0.5) is 11.6 Å². The molecule has 0 radical (unpaired) electrons. The zero-order valence-corrected chi connectivity index (χ0v) is 27.5. The highest BCUT2D eigenvalue weighted by molar-refractivity contribution is 6.76. The van der Waals surface area contributed by atoms with Gasteiger partial charge < -0.3 is 15.4 Å². The largest absolute Gasteiger partial charge is 0.360 e. The van der Waals surface area contributed by atoms with E-state index in [-0.39, 0.29) is 17.3 Å². The molecule has 2 N–H and O–H groups in total. The third-order valence-corrected chi connectivity index (χ3v) is 10.1. The summed E-state index contributed by atoms with van der Waals surface area (Å²) < 4.78 is 8.09. The fourth-order valence-electron chi connectivity index (χ4n) is 5.78. The molecule has 0 aliphatic heterocycles. The van der Waals surface area contributed by atoms with Crippen LogP contribution < -0.4 is 10.6 Å². The third kappa shape index (κ3) is 7.85. The van der Waals surface area contributed by atoms with Crippen molar-refractivity contribution in [2.75, 3.05) is 11.9 Å².